The van der Waals surface area contributed by atoms with Crippen LogP contribution in [-0.4, -0.2) is 65.9 Å². The molecule has 2 amide bonds. The number of urea groups is 1. The Kier molecular flexibility index (Phi) is 14.0. The SMILES string of the molecule is CCCCCSCCN(CCOc1ccc(CC(OCC)C(=O)O)cc1)C(=O)Nc1cccc(C(F)(F)F)c1. The quantitative estimate of drug-likeness (QED) is 0.209. The number of anilines is 1. The number of halogens is 3. The van der Waals surface area contributed by atoms with Crippen LogP contribution >= 0.6 is 11.8 Å². The smallest absolute Gasteiger partial charge is 0.416 e. The summed E-state index contributed by atoms with van der Waals surface area (Å²) < 4.78 is 50.2. The molecule has 7 nitrogen and oxygen atoms in total. The van der Waals surface area contributed by atoms with Crippen molar-refractivity contribution >= 4 is 29.4 Å². The van der Waals surface area contributed by atoms with Gasteiger partial charge >= 0.3 is 18.2 Å². The van der Waals surface area contributed by atoms with Crippen LogP contribution in [0, 0.1) is 0 Å². The molecule has 0 aliphatic carbocycles. The molecule has 39 heavy (non-hydrogen) atoms. The molecule has 2 N–H and O–H groups in total. The average Bonchev–Trinajstić information content (AvgIpc) is 2.89. The summed E-state index contributed by atoms with van der Waals surface area (Å²) in [6, 6.07) is 11.0. The summed E-state index contributed by atoms with van der Waals surface area (Å²) >= 11 is 1.73. The number of nitrogens with one attached hydrogen (secondary N) is 1. The van der Waals surface area contributed by atoms with Crippen molar-refractivity contribution in [2.45, 2.75) is 51.8 Å². The molecule has 0 fully saturated rings. The molecule has 2 rings (SSSR count). The van der Waals surface area contributed by atoms with Gasteiger partial charge in [0.05, 0.1) is 12.1 Å². The Morgan fingerprint density at radius 2 is 1.79 bits per heavy atom. The maximum absolute atomic E-state index is 13.1. The van der Waals surface area contributed by atoms with Crippen molar-refractivity contribution < 1.29 is 37.3 Å². The highest BCUT2D eigenvalue weighted by Gasteiger charge is 2.30. The summed E-state index contributed by atoms with van der Waals surface area (Å²) in [7, 11) is 0. The largest absolute Gasteiger partial charge is 0.492 e. The Bertz CT molecular complexity index is 1020. The van der Waals surface area contributed by atoms with Gasteiger partial charge in [0.25, 0.3) is 0 Å². The minimum atomic E-state index is -4.50. The molecule has 0 heterocycles. The summed E-state index contributed by atoms with van der Waals surface area (Å²) in [6.45, 7) is 4.98. The first-order valence-electron chi connectivity index (χ1n) is 13.0. The first-order valence-corrected chi connectivity index (χ1v) is 14.2. The minimum Gasteiger partial charge on any atom is -0.492 e. The van der Waals surface area contributed by atoms with E-state index in [2.05, 4.69) is 12.2 Å². The number of carbonyl (C=O) groups excluding carboxylic acids is 1. The van der Waals surface area contributed by atoms with Crippen LogP contribution in [0.2, 0.25) is 0 Å². The number of ether oxygens (including phenoxy) is 2. The molecule has 2 aromatic carbocycles. The fraction of sp³-hybridized carbons (Fsp3) is 0.500. The highest BCUT2D eigenvalue weighted by Crippen LogP contribution is 2.30. The number of hydrogen-bond donors (Lipinski definition) is 2. The molecule has 0 radical (unpaired) electrons. The molecule has 1 atom stereocenters. The Morgan fingerprint density at radius 3 is 2.44 bits per heavy atom. The Labute approximate surface area is 232 Å². The van der Waals surface area contributed by atoms with Crippen molar-refractivity contribution in [3.8, 4) is 5.75 Å². The van der Waals surface area contributed by atoms with Gasteiger partial charge in [0.1, 0.15) is 12.4 Å². The van der Waals surface area contributed by atoms with Crippen LogP contribution in [0.15, 0.2) is 48.5 Å². The minimum absolute atomic E-state index is 0.0682. The van der Waals surface area contributed by atoms with Crippen molar-refractivity contribution in [2.75, 3.05) is 43.1 Å². The number of benzene rings is 2. The maximum atomic E-state index is 13.1. The number of aliphatic carboxylic acids is 1. The lowest BCUT2D eigenvalue weighted by molar-refractivity contribution is -0.150. The topological polar surface area (TPSA) is 88.1 Å². The lowest BCUT2D eigenvalue weighted by Gasteiger charge is -2.23. The van der Waals surface area contributed by atoms with Gasteiger partial charge in [-0.2, -0.15) is 24.9 Å². The first kappa shape index (κ1) is 32.3. The predicted octanol–water partition coefficient (Wildman–Crippen LogP) is 6.57. The van der Waals surface area contributed by atoms with Crippen molar-refractivity contribution in [3.05, 3.63) is 59.7 Å². The molecule has 0 saturated heterocycles. The molecule has 216 valence electrons. The normalized spacial score (nSPS) is 12.1. The van der Waals surface area contributed by atoms with E-state index in [1.54, 1.807) is 43.0 Å². The molecule has 0 aliphatic heterocycles. The first-order chi connectivity index (χ1) is 18.6. The van der Waals surface area contributed by atoms with E-state index in [4.69, 9.17) is 9.47 Å². The molecule has 0 saturated carbocycles. The summed E-state index contributed by atoms with van der Waals surface area (Å²) in [5, 5.41) is 11.8. The fourth-order valence-electron chi connectivity index (χ4n) is 3.65. The summed E-state index contributed by atoms with van der Waals surface area (Å²) in [5.74, 6) is 1.20. The molecule has 11 heteroatoms. The molecular weight excluding hydrogens is 533 g/mol. The standard InChI is InChI=1S/C28H37F3N2O5S/c1-3-5-6-17-39-18-15-33(27(36)32-23-9-7-8-22(20-23)28(29,30)31)14-16-38-24-12-10-21(11-13-24)19-25(26(34)35)37-4-2/h7-13,20,25H,3-6,14-19H2,1-2H3,(H,32,36)(H,34,35). The van der Waals surface area contributed by atoms with Crippen LogP contribution in [0.1, 0.15) is 44.2 Å². The van der Waals surface area contributed by atoms with Gasteiger partial charge in [-0.3, -0.25) is 0 Å². The number of hydrogen-bond acceptors (Lipinski definition) is 5. The second-order valence-corrected chi connectivity index (χ2v) is 10.0. The summed E-state index contributed by atoms with van der Waals surface area (Å²) in [6.07, 6.45) is -1.85. The van der Waals surface area contributed by atoms with E-state index in [0.717, 1.165) is 42.7 Å². The molecule has 0 bridgehead atoms. The van der Waals surface area contributed by atoms with Gasteiger partial charge in [-0.25, -0.2) is 9.59 Å². The zero-order chi connectivity index (χ0) is 28.7. The molecule has 1 unspecified atom stereocenters. The van der Waals surface area contributed by atoms with Gasteiger partial charge in [-0.15, -0.1) is 0 Å². The molecule has 2 aromatic rings. The number of alkyl halides is 3. The highest BCUT2D eigenvalue weighted by atomic mass is 32.2. The third kappa shape index (κ3) is 12.2. The Morgan fingerprint density at radius 1 is 1.05 bits per heavy atom. The van der Waals surface area contributed by atoms with Crippen molar-refractivity contribution in [1.29, 1.82) is 0 Å². The zero-order valence-corrected chi connectivity index (χ0v) is 23.2. The molecule has 0 spiro atoms. The number of nitrogens with zero attached hydrogens (tertiary/aromatic N) is 1. The lowest BCUT2D eigenvalue weighted by atomic mass is 10.1. The Hall–Kier alpha value is -2.92. The van der Waals surface area contributed by atoms with E-state index in [-0.39, 0.29) is 25.3 Å². The zero-order valence-electron chi connectivity index (χ0n) is 22.3. The third-order valence-corrected chi connectivity index (χ3v) is 6.79. The van der Waals surface area contributed by atoms with Crippen molar-refractivity contribution in [2.24, 2.45) is 0 Å². The number of carbonyl (C=O) groups is 2. The second kappa shape index (κ2) is 16.9. The number of carboxylic acid groups (broad SMARTS) is 1. The van der Waals surface area contributed by atoms with Gasteiger partial charge in [-0.1, -0.05) is 38.0 Å². The molecular formula is C28H37F3N2O5S. The number of amides is 2. The van der Waals surface area contributed by atoms with Gasteiger partial charge in [0, 0.05) is 31.0 Å². The number of unbranched alkanes of at least 4 members (excludes halogenated alkanes) is 2. The number of carboxylic acids is 1. The van der Waals surface area contributed by atoms with Crippen LogP contribution in [0.4, 0.5) is 23.7 Å². The van der Waals surface area contributed by atoms with E-state index >= 15 is 0 Å². The average molecular weight is 571 g/mol. The van der Waals surface area contributed by atoms with Crippen LogP contribution in [0.3, 0.4) is 0 Å². The van der Waals surface area contributed by atoms with Crippen molar-refractivity contribution in [1.82, 2.24) is 4.90 Å². The number of thioether (sulfide) groups is 1. The van der Waals surface area contributed by atoms with Gasteiger partial charge in [0.15, 0.2) is 6.10 Å². The van der Waals surface area contributed by atoms with Crippen LogP contribution < -0.4 is 10.1 Å². The van der Waals surface area contributed by atoms with E-state index < -0.39 is 29.8 Å². The predicted molar refractivity (Wildman–Crippen MR) is 148 cm³/mol. The fourth-order valence-corrected chi connectivity index (χ4v) is 4.61. The monoisotopic (exact) mass is 570 g/mol. The van der Waals surface area contributed by atoms with E-state index in [1.807, 2.05) is 0 Å². The second-order valence-electron chi connectivity index (χ2n) is 8.79. The van der Waals surface area contributed by atoms with E-state index in [9.17, 15) is 27.9 Å². The van der Waals surface area contributed by atoms with Gasteiger partial charge in [-0.05, 0) is 55.0 Å². The van der Waals surface area contributed by atoms with Crippen molar-refractivity contribution in [3.63, 3.8) is 0 Å². The summed E-state index contributed by atoms with van der Waals surface area (Å²) in [4.78, 5) is 25.8. The van der Waals surface area contributed by atoms with E-state index in [0.29, 0.717) is 24.7 Å². The van der Waals surface area contributed by atoms with Gasteiger partial charge in [0.2, 0.25) is 0 Å². The third-order valence-electron chi connectivity index (χ3n) is 5.74. The molecule has 0 aromatic heterocycles. The van der Waals surface area contributed by atoms with Gasteiger partial charge < -0.3 is 24.8 Å². The molecule has 0 aliphatic rings. The highest BCUT2D eigenvalue weighted by molar-refractivity contribution is 7.99. The van der Waals surface area contributed by atoms with E-state index in [1.165, 1.54) is 17.0 Å². The Balaban J connectivity index is 1.96. The van der Waals surface area contributed by atoms with Crippen LogP contribution in [0.25, 0.3) is 0 Å². The lowest BCUT2D eigenvalue weighted by Crippen LogP contribution is -2.39. The van der Waals surface area contributed by atoms with Crippen LogP contribution in [-0.2, 0) is 22.1 Å². The maximum Gasteiger partial charge on any atom is 0.416 e. The number of rotatable bonds is 17. The van der Waals surface area contributed by atoms with Crippen LogP contribution in [0.5, 0.6) is 5.75 Å². The summed E-state index contributed by atoms with van der Waals surface area (Å²) in [5.41, 5.74) is 0.0186.